The van der Waals surface area contributed by atoms with E-state index in [9.17, 15) is 14.4 Å². The molecule has 1 spiro atoms. The van der Waals surface area contributed by atoms with E-state index in [1.54, 1.807) is 26.4 Å². The number of benzene rings is 2. The summed E-state index contributed by atoms with van der Waals surface area (Å²) in [7, 11) is 5.46. The molecule has 1 saturated heterocycles. The molecule has 0 amide bonds. The number of carboxylic acids is 2. The molecule has 14 heteroatoms. The number of carbonyl (C=O) groups excluding carboxylic acids is 1. The number of rotatable bonds is 9. The Morgan fingerprint density at radius 3 is 2.22 bits per heavy atom. The summed E-state index contributed by atoms with van der Waals surface area (Å²) in [6, 6.07) is 11.9. The van der Waals surface area contributed by atoms with Gasteiger partial charge in [-0.3, -0.25) is 4.79 Å². The molecule has 14 nitrogen and oxygen atoms in total. The lowest BCUT2D eigenvalue weighted by Crippen LogP contribution is -2.65. The van der Waals surface area contributed by atoms with Gasteiger partial charge in [0.05, 0.1) is 20.8 Å². The number of ketones is 1. The quantitative estimate of drug-likeness (QED) is 0.215. The molecule has 0 radical (unpaired) electrons. The molecule has 1 saturated carbocycles. The summed E-state index contributed by atoms with van der Waals surface area (Å²) in [5.74, 6) is 0.0881. The Bertz CT molecular complexity index is 1400. The third kappa shape index (κ3) is 6.62. The van der Waals surface area contributed by atoms with Crippen molar-refractivity contribution in [3.63, 3.8) is 0 Å². The SMILES string of the molecule is COc1ccc2c3c1O[C@H]1C(=O)CC[C@H]4[C@@H](C2)N(C)CC[C@]314.COc1ccccc1OCC(O)CO.O=C(O)[C@H](O)[C@@H](O)C(=O)O. The van der Waals surface area contributed by atoms with Crippen molar-refractivity contribution in [2.24, 2.45) is 5.92 Å². The summed E-state index contributed by atoms with van der Waals surface area (Å²) in [6.07, 6.45) is -1.92. The van der Waals surface area contributed by atoms with E-state index in [1.807, 2.05) is 18.2 Å². The zero-order valence-electron chi connectivity index (χ0n) is 25.9. The molecule has 2 aromatic rings. The number of hydrogen-bond acceptors (Lipinski definition) is 12. The van der Waals surface area contributed by atoms with Crippen LogP contribution in [0.1, 0.15) is 30.4 Å². The first-order chi connectivity index (χ1) is 21.9. The molecule has 1 unspecified atom stereocenters. The maximum Gasteiger partial charge on any atom is 0.335 e. The van der Waals surface area contributed by atoms with Crippen molar-refractivity contribution in [2.45, 2.75) is 61.6 Å². The molecule has 46 heavy (non-hydrogen) atoms. The molecule has 7 atom stereocenters. The summed E-state index contributed by atoms with van der Waals surface area (Å²) in [6.45, 7) is 0.788. The highest BCUT2D eigenvalue weighted by atomic mass is 16.5. The van der Waals surface area contributed by atoms with Crippen LogP contribution in [0.3, 0.4) is 0 Å². The second-order valence-electron chi connectivity index (χ2n) is 11.6. The van der Waals surface area contributed by atoms with E-state index in [1.165, 1.54) is 11.1 Å². The molecule has 2 bridgehead atoms. The first-order valence-electron chi connectivity index (χ1n) is 14.9. The molecular weight excluding hydrogens is 606 g/mol. The van der Waals surface area contributed by atoms with Crippen LogP contribution in [0.2, 0.25) is 0 Å². The van der Waals surface area contributed by atoms with E-state index in [0.29, 0.717) is 29.9 Å². The molecule has 6 N–H and O–H groups in total. The second-order valence-corrected chi connectivity index (χ2v) is 11.6. The molecule has 4 aliphatic rings. The van der Waals surface area contributed by atoms with E-state index >= 15 is 0 Å². The molecule has 0 aromatic heterocycles. The van der Waals surface area contributed by atoms with Crippen molar-refractivity contribution in [3.05, 3.63) is 47.5 Å². The van der Waals surface area contributed by atoms with Crippen LogP contribution < -0.4 is 18.9 Å². The number of piperidine rings is 1. The van der Waals surface area contributed by atoms with Crippen LogP contribution in [-0.2, 0) is 26.2 Å². The highest BCUT2D eigenvalue weighted by Crippen LogP contribution is 2.63. The number of methoxy groups -OCH3 is 2. The molecule has 2 heterocycles. The van der Waals surface area contributed by atoms with Crippen molar-refractivity contribution in [2.75, 3.05) is 41.0 Å². The lowest BCUT2D eigenvalue weighted by Gasteiger charge is -2.57. The normalized spacial score (nSPS) is 25.5. The number of carbonyl (C=O) groups is 3. The number of carboxylic acid groups (broad SMARTS) is 2. The number of para-hydroxylation sites is 2. The van der Waals surface area contributed by atoms with Crippen molar-refractivity contribution in [1.29, 1.82) is 0 Å². The van der Waals surface area contributed by atoms with Gasteiger partial charge in [0.2, 0.25) is 0 Å². The number of aliphatic hydroxyl groups excluding tert-OH is 4. The number of nitrogens with zero attached hydrogens (tertiary/aromatic N) is 1. The smallest absolute Gasteiger partial charge is 0.335 e. The molecule has 2 fully saturated rings. The zero-order chi connectivity index (χ0) is 33.8. The van der Waals surface area contributed by atoms with Gasteiger partial charge in [-0.25, -0.2) is 9.59 Å². The zero-order valence-corrected chi connectivity index (χ0v) is 25.9. The van der Waals surface area contributed by atoms with Crippen LogP contribution in [0.15, 0.2) is 36.4 Å². The molecule has 6 rings (SSSR count). The Balaban J connectivity index is 0.000000174. The number of Topliss-reactive ketones (excluding diaryl/α,β-unsaturated/α-hetero) is 1. The summed E-state index contributed by atoms with van der Waals surface area (Å²) < 4.78 is 22.1. The van der Waals surface area contributed by atoms with Gasteiger partial charge in [-0.1, -0.05) is 18.2 Å². The van der Waals surface area contributed by atoms with E-state index in [0.717, 1.165) is 37.3 Å². The molecule has 2 aliphatic carbocycles. The van der Waals surface area contributed by atoms with E-state index in [4.69, 9.17) is 49.6 Å². The van der Waals surface area contributed by atoms with Crippen LogP contribution in [0.25, 0.3) is 0 Å². The van der Waals surface area contributed by atoms with Crippen molar-refractivity contribution in [1.82, 2.24) is 4.90 Å². The maximum absolute atomic E-state index is 12.6. The van der Waals surface area contributed by atoms with Gasteiger partial charge in [-0.2, -0.15) is 0 Å². The Kier molecular flexibility index (Phi) is 11.1. The third-order valence-corrected chi connectivity index (χ3v) is 9.11. The Morgan fingerprint density at radius 2 is 1.63 bits per heavy atom. The summed E-state index contributed by atoms with van der Waals surface area (Å²) >= 11 is 0. The largest absolute Gasteiger partial charge is 0.493 e. The first kappa shape index (κ1) is 34.9. The monoisotopic (exact) mass is 647 g/mol. The maximum atomic E-state index is 12.6. The summed E-state index contributed by atoms with van der Waals surface area (Å²) in [5, 5.41) is 50.2. The minimum atomic E-state index is -2.27. The van der Waals surface area contributed by atoms with Crippen LogP contribution in [0, 0.1) is 5.92 Å². The van der Waals surface area contributed by atoms with Crippen LogP contribution in [0.4, 0.5) is 0 Å². The number of aliphatic hydroxyl groups is 4. The minimum absolute atomic E-state index is 0.0525. The van der Waals surface area contributed by atoms with E-state index in [2.05, 4.69) is 18.0 Å². The van der Waals surface area contributed by atoms with Crippen molar-refractivity contribution < 1.29 is 64.0 Å². The number of aliphatic carboxylic acids is 2. The van der Waals surface area contributed by atoms with Gasteiger partial charge < -0.3 is 54.5 Å². The van der Waals surface area contributed by atoms with Crippen LogP contribution >= 0.6 is 0 Å². The lowest BCUT2D eigenvalue weighted by atomic mass is 9.52. The van der Waals surface area contributed by atoms with Crippen LogP contribution in [0.5, 0.6) is 23.0 Å². The second kappa shape index (κ2) is 14.6. The molecule has 252 valence electrons. The van der Waals surface area contributed by atoms with Crippen LogP contribution in [-0.4, -0.2) is 125 Å². The fraction of sp³-hybridized carbons (Fsp3) is 0.531. The first-order valence-corrected chi connectivity index (χ1v) is 14.9. The predicted molar refractivity (Wildman–Crippen MR) is 160 cm³/mol. The van der Waals surface area contributed by atoms with Crippen molar-refractivity contribution in [3.8, 4) is 23.0 Å². The molecular formula is C32H41NO13. The average molecular weight is 648 g/mol. The van der Waals surface area contributed by atoms with Gasteiger partial charge in [0.25, 0.3) is 0 Å². The van der Waals surface area contributed by atoms with Gasteiger partial charge in [0, 0.05) is 23.4 Å². The van der Waals surface area contributed by atoms with E-state index in [-0.39, 0.29) is 30.5 Å². The van der Waals surface area contributed by atoms with Gasteiger partial charge in [-0.05, 0) is 62.5 Å². The number of ether oxygens (including phenoxy) is 4. The highest BCUT2D eigenvalue weighted by molar-refractivity contribution is 5.89. The Labute approximate surface area is 265 Å². The number of likely N-dealkylation sites (N-methyl/N-ethyl adjacent to an activating group) is 1. The fourth-order valence-electron chi connectivity index (χ4n) is 6.92. The number of hydrogen-bond donors (Lipinski definition) is 6. The van der Waals surface area contributed by atoms with E-state index < -0.39 is 30.3 Å². The Morgan fingerprint density at radius 1 is 1.00 bits per heavy atom. The minimum Gasteiger partial charge on any atom is -0.493 e. The fourth-order valence-corrected chi connectivity index (χ4v) is 6.92. The van der Waals surface area contributed by atoms with Gasteiger partial charge in [0.1, 0.15) is 12.7 Å². The van der Waals surface area contributed by atoms with Gasteiger partial charge >= 0.3 is 11.9 Å². The average Bonchev–Trinajstić information content (AvgIpc) is 3.42. The molecule has 2 aromatic carbocycles. The summed E-state index contributed by atoms with van der Waals surface area (Å²) in [4.78, 5) is 34.7. The van der Waals surface area contributed by atoms with Gasteiger partial charge in [0.15, 0.2) is 47.1 Å². The standard InChI is InChI=1S/C18H21NO3.C10H14O4.C4H6O6/c1-19-8-7-18-11-4-5-13(20)17(18)22-16-14(21-2)6-3-10(15(16)18)9-12(11)19;1-13-9-4-2-3-5-10(9)14-7-8(12)6-11;5-1(3(7)8)2(6)4(9)10/h3,6,11-12,17H,4-5,7-9H2,1-2H3;2-5,8,11-12H,6-7H2,1H3;1-2,5-6H,(H,7,8)(H,9,10)/t11-,12+,17-,18-;;1-,2-/m0.1/s1. The number of likely N-dealkylation sites (tertiary alicyclic amines) is 1. The highest BCUT2D eigenvalue weighted by Gasteiger charge is 2.65. The topological polar surface area (TPSA) is 213 Å². The lowest BCUT2D eigenvalue weighted by molar-refractivity contribution is -0.165. The summed E-state index contributed by atoms with van der Waals surface area (Å²) in [5.41, 5.74) is 2.57. The third-order valence-electron chi connectivity index (χ3n) is 9.11. The van der Waals surface area contributed by atoms with Gasteiger partial charge in [-0.15, -0.1) is 0 Å². The Hall–Kier alpha value is -3.95. The predicted octanol–water partition coefficient (Wildman–Crippen LogP) is 0.238. The molecule has 2 aliphatic heterocycles. The van der Waals surface area contributed by atoms with Crippen molar-refractivity contribution >= 4 is 17.7 Å².